The van der Waals surface area contributed by atoms with Gasteiger partial charge in [0, 0.05) is 19.0 Å². The van der Waals surface area contributed by atoms with E-state index in [1.165, 1.54) is 0 Å². The van der Waals surface area contributed by atoms with E-state index < -0.39 is 26.4 Å². The van der Waals surface area contributed by atoms with Crippen LogP contribution in [0.3, 0.4) is 0 Å². The molecule has 2 atom stereocenters. The van der Waals surface area contributed by atoms with Crippen LogP contribution >= 0.6 is 0 Å². The Bertz CT molecular complexity index is 2120. The second-order valence-corrected chi connectivity index (χ2v) is 14.5. The molecule has 5 aromatic rings. The minimum atomic E-state index is -4.04. The summed E-state index contributed by atoms with van der Waals surface area (Å²) in [5, 5.41) is 3.82. The number of aromatic nitrogens is 1. The van der Waals surface area contributed by atoms with Crippen molar-refractivity contribution in [2.75, 3.05) is 17.2 Å². The van der Waals surface area contributed by atoms with Gasteiger partial charge in [0.15, 0.2) is 23.4 Å². The van der Waals surface area contributed by atoms with Crippen molar-refractivity contribution in [3.63, 3.8) is 0 Å². The largest absolute Gasteiger partial charge is 0.439 e. The highest BCUT2D eigenvalue weighted by atomic mass is 32.2. The Morgan fingerprint density at radius 1 is 1.02 bits per heavy atom. The van der Waals surface area contributed by atoms with Crippen LogP contribution < -0.4 is 14.2 Å². The fourth-order valence-corrected chi connectivity index (χ4v) is 6.73. The van der Waals surface area contributed by atoms with E-state index in [1.807, 2.05) is 71.6 Å². The minimum Gasteiger partial charge on any atom is -0.439 e. The van der Waals surface area contributed by atoms with Crippen LogP contribution in [0.5, 0.6) is 5.75 Å². The Hall–Kier alpha value is -4.03. The summed E-state index contributed by atoms with van der Waals surface area (Å²) in [4.78, 5) is 2.05. The molecule has 1 aliphatic rings. The van der Waals surface area contributed by atoms with Gasteiger partial charge in [-0.2, -0.15) is 13.0 Å². The van der Waals surface area contributed by atoms with Gasteiger partial charge in [0.05, 0.1) is 28.2 Å². The van der Waals surface area contributed by atoms with Crippen molar-refractivity contribution in [2.24, 2.45) is 0 Å². The van der Waals surface area contributed by atoms with Gasteiger partial charge in [-0.05, 0) is 72.2 Å². The number of anilines is 1. The Labute approximate surface area is 270 Å². The monoisotopic (exact) mass is 661 g/mol. The van der Waals surface area contributed by atoms with Gasteiger partial charge in [-0.15, -0.1) is 0 Å². The first-order valence-electron chi connectivity index (χ1n) is 15.4. The molecule has 4 aromatic carbocycles. The molecule has 46 heavy (non-hydrogen) atoms. The normalized spacial score (nSPS) is 16.0. The van der Waals surface area contributed by atoms with Crippen LogP contribution in [0.25, 0.3) is 38.7 Å². The first-order chi connectivity index (χ1) is 22.1. The molecule has 0 fully saturated rings. The van der Waals surface area contributed by atoms with Gasteiger partial charge in [-0.1, -0.05) is 55.5 Å². The van der Waals surface area contributed by atoms with Crippen molar-refractivity contribution in [1.82, 2.24) is 0 Å². The summed E-state index contributed by atoms with van der Waals surface area (Å²) in [6.45, 7) is 4.80. The average molecular weight is 662 g/mol. The average Bonchev–Trinajstić information content (AvgIpc) is 3.56. The molecular weight excluding hydrogens is 625 g/mol. The van der Waals surface area contributed by atoms with Crippen molar-refractivity contribution in [3.05, 3.63) is 96.2 Å². The lowest BCUT2D eigenvalue weighted by Gasteiger charge is -2.19. The lowest BCUT2D eigenvalue weighted by molar-refractivity contribution is -0.677. The van der Waals surface area contributed by atoms with Crippen molar-refractivity contribution < 1.29 is 35.5 Å². The smallest absolute Gasteiger partial charge is 0.374 e. The summed E-state index contributed by atoms with van der Waals surface area (Å²) in [6, 6.07) is 24.2. The Balaban J connectivity index is 1.41. The number of aryl methyl sites for hydroxylation is 1. The second-order valence-electron chi connectivity index (χ2n) is 11.6. The first-order valence-corrected chi connectivity index (χ1v) is 18.2. The van der Waals surface area contributed by atoms with Gasteiger partial charge in [-0.3, -0.25) is 4.55 Å². The topological polar surface area (TPSA) is 121 Å². The maximum Gasteiger partial charge on any atom is 0.374 e. The predicted molar refractivity (Wildman–Crippen MR) is 183 cm³/mol. The molecule has 11 heteroatoms. The van der Waals surface area contributed by atoms with Crippen LogP contribution in [0.15, 0.2) is 94.7 Å². The van der Waals surface area contributed by atoms with E-state index in [0.717, 1.165) is 43.9 Å². The van der Waals surface area contributed by atoms with Gasteiger partial charge < -0.3 is 18.6 Å². The van der Waals surface area contributed by atoms with Gasteiger partial charge in [0.25, 0.3) is 15.6 Å². The van der Waals surface area contributed by atoms with Crippen LogP contribution in [-0.4, -0.2) is 39.3 Å². The van der Waals surface area contributed by atoms with Crippen molar-refractivity contribution in [1.29, 1.82) is 0 Å². The number of allylic oxidation sites excluding steroid dienone is 2. The van der Waals surface area contributed by atoms with E-state index in [1.54, 1.807) is 6.92 Å². The highest BCUT2D eigenvalue weighted by Crippen LogP contribution is 2.42. The molecule has 2 heterocycles. The highest BCUT2D eigenvalue weighted by molar-refractivity contribution is 7.85. The summed E-state index contributed by atoms with van der Waals surface area (Å²) in [7, 11) is -4.04. The summed E-state index contributed by atoms with van der Waals surface area (Å²) < 4.78 is 68.3. The van der Waals surface area contributed by atoms with E-state index in [-0.39, 0.29) is 5.75 Å². The molecular formula is C35H37N2O7S2+. The second kappa shape index (κ2) is 13.4. The summed E-state index contributed by atoms with van der Waals surface area (Å²) in [5.74, 6) is 1.65. The fourth-order valence-electron chi connectivity index (χ4n) is 5.86. The highest BCUT2D eigenvalue weighted by Gasteiger charge is 2.29. The number of rotatable bonds is 12. The standard InChI is InChI=1S/C35H36N2O7S2/c1-3-25(21-34-37(18-16-24(2)45(38)39)35-29-13-7-6-10-26(29)14-15-31(35)43-34)20-33-36(17-8-9-19-46(40,41)42)30-22-27-11-4-5-12-28(27)23-32(30)44-33/h4-7,10-15,20-24H,3,8-9,16-19H2,1-2H3,(H-,38,39,40,41,42)/p+1. The summed E-state index contributed by atoms with van der Waals surface area (Å²) in [5.41, 5.74) is 3.48. The van der Waals surface area contributed by atoms with Gasteiger partial charge in [-0.25, -0.2) is 4.21 Å². The maximum absolute atomic E-state index is 11.8. The molecule has 2 unspecified atom stereocenters. The Kier molecular flexibility index (Phi) is 9.28. The number of oxazole rings is 1. The molecule has 0 bridgehead atoms. The van der Waals surface area contributed by atoms with Crippen molar-refractivity contribution >= 4 is 65.6 Å². The minimum absolute atomic E-state index is 0.297. The molecule has 9 nitrogen and oxygen atoms in total. The maximum atomic E-state index is 11.8. The number of hydrogen-bond acceptors (Lipinski definition) is 6. The molecule has 240 valence electrons. The predicted octanol–water partition coefficient (Wildman–Crippen LogP) is 7.23. The first kappa shape index (κ1) is 31.9. The zero-order valence-corrected chi connectivity index (χ0v) is 27.4. The number of unbranched alkanes of at least 4 members (excludes halogenated alkanes) is 1. The lowest BCUT2D eigenvalue weighted by Crippen LogP contribution is -2.37. The van der Waals surface area contributed by atoms with Gasteiger partial charge in [0.2, 0.25) is 11.5 Å². The van der Waals surface area contributed by atoms with E-state index in [0.29, 0.717) is 56.3 Å². The van der Waals surface area contributed by atoms with Crippen LogP contribution in [0.2, 0.25) is 0 Å². The molecule has 0 saturated carbocycles. The van der Waals surface area contributed by atoms with Crippen molar-refractivity contribution in [2.45, 2.75) is 51.3 Å². The number of ether oxygens (including phenoxy) is 1. The van der Waals surface area contributed by atoms with Crippen LogP contribution in [-0.2, 0) is 27.7 Å². The fraction of sp³-hybridized carbons (Fsp3) is 0.286. The lowest BCUT2D eigenvalue weighted by atomic mass is 10.1. The number of hydrogen-bond donors (Lipinski definition) is 2. The van der Waals surface area contributed by atoms with Crippen LogP contribution in [0.1, 0.15) is 45.4 Å². The number of fused-ring (bicyclic) bond motifs is 5. The molecule has 0 amide bonds. The Morgan fingerprint density at radius 2 is 1.74 bits per heavy atom. The number of nitrogens with zero attached hydrogens (tertiary/aromatic N) is 2. The molecule has 2 N–H and O–H groups in total. The van der Waals surface area contributed by atoms with E-state index in [9.17, 15) is 21.7 Å². The van der Waals surface area contributed by atoms with E-state index >= 15 is 0 Å². The van der Waals surface area contributed by atoms with E-state index in [2.05, 4.69) is 29.7 Å². The van der Waals surface area contributed by atoms with Gasteiger partial charge in [0.1, 0.15) is 0 Å². The zero-order chi connectivity index (χ0) is 32.4. The van der Waals surface area contributed by atoms with Crippen LogP contribution in [0, 0.1) is 0 Å². The SMILES string of the molecule is CCC(=Cc1oc2ccc3ccccc3c2[n+]1CCC(C)S(=O)O)C=C1Oc2cc3ccccc3cc2N1CCCCS(=O)(=O)O. The van der Waals surface area contributed by atoms with Crippen molar-refractivity contribution in [3.8, 4) is 5.75 Å². The van der Waals surface area contributed by atoms with Crippen LogP contribution in [0.4, 0.5) is 5.69 Å². The third-order valence-corrected chi connectivity index (χ3v) is 10.1. The molecule has 0 aliphatic carbocycles. The van der Waals surface area contributed by atoms with Gasteiger partial charge >= 0.3 is 5.89 Å². The van der Waals surface area contributed by atoms with E-state index in [4.69, 9.17) is 9.15 Å². The third kappa shape index (κ3) is 6.87. The molecule has 0 spiro atoms. The number of benzene rings is 4. The molecule has 1 aliphatic heterocycles. The quantitative estimate of drug-likeness (QED) is 0.0622. The summed E-state index contributed by atoms with van der Waals surface area (Å²) >= 11 is -1.94. The Morgan fingerprint density at radius 3 is 2.46 bits per heavy atom. The molecule has 1 aromatic heterocycles. The molecule has 6 rings (SSSR count). The molecule has 0 saturated heterocycles. The third-order valence-electron chi connectivity index (χ3n) is 8.38. The summed E-state index contributed by atoms with van der Waals surface area (Å²) in [6.07, 6.45) is 5.95. The molecule has 0 radical (unpaired) electrons. The zero-order valence-electron chi connectivity index (χ0n) is 25.8.